The molecule has 7 nitrogen and oxygen atoms in total. The molecule has 1 aliphatic heterocycles. The van der Waals surface area contributed by atoms with Crippen LogP contribution in [0.4, 0.5) is 5.69 Å². The summed E-state index contributed by atoms with van der Waals surface area (Å²) < 4.78 is 23.8. The van der Waals surface area contributed by atoms with Gasteiger partial charge in [0.1, 0.15) is 10.8 Å². The number of hydrogen-bond acceptors (Lipinski definition) is 8. The lowest BCUT2D eigenvalue weighted by atomic mass is 9.73. The van der Waals surface area contributed by atoms with E-state index < -0.39 is 15.3 Å². The highest BCUT2D eigenvalue weighted by molar-refractivity contribution is 7.91. The third-order valence-electron chi connectivity index (χ3n) is 8.90. The zero-order valence-electron chi connectivity index (χ0n) is 22.9. The molecular formula is C32H32N4O3S2. The molecule has 41 heavy (non-hydrogen) atoms. The van der Waals surface area contributed by atoms with Crippen molar-refractivity contribution in [2.75, 3.05) is 29.5 Å². The number of carbonyl (C=O) groups is 1. The average molecular weight is 585 g/mol. The number of hydrogen-bond donors (Lipinski definition) is 0. The number of thiazole rings is 1. The Hall–Kier alpha value is -3.53. The van der Waals surface area contributed by atoms with Crippen LogP contribution in [0, 0.1) is 34.0 Å². The molecule has 2 aliphatic carbocycles. The highest BCUT2D eigenvalue weighted by Crippen LogP contribution is 2.51. The van der Waals surface area contributed by atoms with Crippen LogP contribution < -0.4 is 4.90 Å². The molecule has 3 fully saturated rings. The Morgan fingerprint density at radius 1 is 1.02 bits per heavy atom. The summed E-state index contributed by atoms with van der Waals surface area (Å²) >= 11 is 1.56. The summed E-state index contributed by atoms with van der Waals surface area (Å²) in [6.45, 7) is 0.970. The predicted octanol–water partition coefficient (Wildman–Crippen LogP) is 6.12. The summed E-state index contributed by atoms with van der Waals surface area (Å²) in [5, 5.41) is 20.2. The average Bonchev–Trinajstić information content (AvgIpc) is 3.63. The van der Waals surface area contributed by atoms with Gasteiger partial charge in [-0.2, -0.15) is 10.5 Å². The summed E-state index contributed by atoms with van der Waals surface area (Å²) in [6.07, 6.45) is 5.63. The number of benzene rings is 2. The van der Waals surface area contributed by atoms with Crippen molar-refractivity contribution in [3.8, 4) is 33.2 Å². The largest absolute Gasteiger partial charge is 0.369 e. The van der Waals surface area contributed by atoms with Crippen molar-refractivity contribution < 1.29 is 13.2 Å². The summed E-state index contributed by atoms with van der Waals surface area (Å²) in [5.41, 5.74) is 3.79. The van der Waals surface area contributed by atoms with Crippen molar-refractivity contribution >= 4 is 32.6 Å². The molecule has 3 aromatic rings. The van der Waals surface area contributed by atoms with Gasteiger partial charge in [-0.25, -0.2) is 13.4 Å². The molecule has 0 spiro atoms. The van der Waals surface area contributed by atoms with Crippen LogP contribution in [0.1, 0.15) is 62.1 Å². The van der Waals surface area contributed by atoms with Gasteiger partial charge in [0.05, 0.1) is 45.2 Å². The molecule has 1 saturated heterocycles. The quantitative estimate of drug-likeness (QED) is 0.329. The number of aromatic nitrogens is 1. The van der Waals surface area contributed by atoms with E-state index in [0.29, 0.717) is 25.1 Å². The van der Waals surface area contributed by atoms with E-state index in [9.17, 15) is 23.7 Å². The maximum absolute atomic E-state index is 13.6. The highest BCUT2D eigenvalue weighted by Gasteiger charge is 2.47. The predicted molar refractivity (Wildman–Crippen MR) is 160 cm³/mol. The fourth-order valence-corrected chi connectivity index (χ4v) is 8.64. The maximum Gasteiger partial charge on any atom is 0.153 e. The zero-order valence-corrected chi connectivity index (χ0v) is 24.5. The number of Topliss-reactive ketones (excluding diaryl/α,β-unsaturated/α-hetero) is 1. The normalized spacial score (nSPS) is 22.8. The Labute approximate surface area is 245 Å². The third-order valence-corrected chi connectivity index (χ3v) is 11.7. The van der Waals surface area contributed by atoms with Crippen molar-refractivity contribution in [3.63, 3.8) is 0 Å². The number of nitriles is 2. The smallest absolute Gasteiger partial charge is 0.153 e. The zero-order chi connectivity index (χ0) is 28.6. The van der Waals surface area contributed by atoms with Gasteiger partial charge in [-0.15, -0.1) is 11.3 Å². The molecule has 2 heterocycles. The van der Waals surface area contributed by atoms with E-state index in [1.807, 2.05) is 30.3 Å². The summed E-state index contributed by atoms with van der Waals surface area (Å²) in [7, 11) is -2.96. The first-order valence-corrected chi connectivity index (χ1v) is 17.0. The molecule has 2 atom stereocenters. The summed E-state index contributed by atoms with van der Waals surface area (Å²) in [5.74, 6) is 0.317. The molecule has 2 saturated carbocycles. The maximum atomic E-state index is 13.6. The van der Waals surface area contributed by atoms with Gasteiger partial charge in [0, 0.05) is 42.6 Å². The van der Waals surface area contributed by atoms with Crippen molar-refractivity contribution in [1.82, 2.24) is 4.98 Å². The van der Waals surface area contributed by atoms with Crippen molar-refractivity contribution in [2.45, 2.75) is 50.9 Å². The van der Waals surface area contributed by atoms with Gasteiger partial charge in [-0.05, 0) is 49.4 Å². The number of carbonyl (C=O) groups excluding carboxylic acids is 1. The molecule has 2 aromatic carbocycles. The number of ketones is 1. The molecule has 0 amide bonds. The van der Waals surface area contributed by atoms with Gasteiger partial charge in [-0.3, -0.25) is 4.79 Å². The molecule has 3 aliphatic rings. The van der Waals surface area contributed by atoms with E-state index in [-0.39, 0.29) is 29.1 Å². The van der Waals surface area contributed by atoms with Gasteiger partial charge in [0.25, 0.3) is 0 Å². The van der Waals surface area contributed by atoms with Gasteiger partial charge in [0.15, 0.2) is 9.84 Å². The monoisotopic (exact) mass is 584 g/mol. The molecular weight excluding hydrogens is 553 g/mol. The molecule has 6 rings (SSSR count). The number of nitrogens with zero attached hydrogens (tertiary/aromatic N) is 4. The lowest BCUT2D eigenvalue weighted by molar-refractivity contribution is -0.125. The van der Waals surface area contributed by atoms with Crippen molar-refractivity contribution in [1.29, 1.82) is 10.5 Å². The van der Waals surface area contributed by atoms with Crippen LogP contribution in [-0.2, 0) is 14.6 Å². The molecule has 0 N–H and O–H groups in total. The van der Waals surface area contributed by atoms with Crippen LogP contribution >= 0.6 is 11.3 Å². The Morgan fingerprint density at radius 2 is 1.73 bits per heavy atom. The van der Waals surface area contributed by atoms with Gasteiger partial charge >= 0.3 is 0 Å². The molecule has 0 radical (unpaired) electrons. The third kappa shape index (κ3) is 5.66. The van der Waals surface area contributed by atoms with Crippen LogP contribution in [0.25, 0.3) is 21.0 Å². The van der Waals surface area contributed by atoms with E-state index >= 15 is 0 Å². The van der Waals surface area contributed by atoms with E-state index in [2.05, 4.69) is 29.2 Å². The Balaban J connectivity index is 1.37. The van der Waals surface area contributed by atoms with E-state index in [1.165, 1.54) is 0 Å². The standard InChI is InChI=1S/C32H32N4O3S2/c33-20-23-5-1-2-6-25(23)31-35-29(27-8-4-3-7-26(27)28(37)19-32(21-34)13-14-32)30(40-31)22-9-11-24(12-10-22)36-15-17-41(38,39)18-16-36/h1-2,5-6,9-12,26-27H,3-4,7-8,13-19H2/t26-,27-/m1/s1. The van der Waals surface area contributed by atoms with Gasteiger partial charge < -0.3 is 4.90 Å². The van der Waals surface area contributed by atoms with E-state index in [1.54, 1.807) is 17.4 Å². The van der Waals surface area contributed by atoms with Crippen LogP contribution in [0.3, 0.4) is 0 Å². The van der Waals surface area contributed by atoms with Crippen molar-refractivity contribution in [3.05, 3.63) is 59.8 Å². The topological polar surface area (TPSA) is 115 Å². The van der Waals surface area contributed by atoms with Gasteiger partial charge in [0.2, 0.25) is 0 Å². The second-order valence-corrected chi connectivity index (χ2v) is 14.9. The molecule has 9 heteroatoms. The first-order valence-electron chi connectivity index (χ1n) is 14.3. The molecule has 1 aromatic heterocycles. The molecule has 0 unspecified atom stereocenters. The van der Waals surface area contributed by atoms with E-state index in [0.717, 1.165) is 70.9 Å². The second-order valence-electron chi connectivity index (χ2n) is 11.6. The second kappa shape index (κ2) is 11.0. The molecule has 210 valence electrons. The lowest BCUT2D eigenvalue weighted by Crippen LogP contribution is -2.40. The fourth-order valence-electron chi connectivity index (χ4n) is 6.25. The summed E-state index contributed by atoms with van der Waals surface area (Å²) in [4.78, 5) is 21.9. The number of sulfone groups is 1. The SMILES string of the molecule is N#Cc1ccccc1-c1nc([C@@H]2CCCC[C@H]2C(=O)CC2(C#N)CC2)c(-c2ccc(N3CCS(=O)(=O)CC3)cc2)s1. The van der Waals surface area contributed by atoms with Gasteiger partial charge in [-0.1, -0.05) is 43.2 Å². The molecule has 0 bridgehead atoms. The Bertz CT molecular complexity index is 1650. The first kappa shape index (κ1) is 27.6. The number of anilines is 1. The highest BCUT2D eigenvalue weighted by atomic mass is 32.2. The minimum absolute atomic E-state index is 0.0352. The Morgan fingerprint density at radius 3 is 2.41 bits per heavy atom. The minimum Gasteiger partial charge on any atom is -0.369 e. The minimum atomic E-state index is -2.96. The first-order chi connectivity index (χ1) is 19.8. The van der Waals surface area contributed by atoms with E-state index in [4.69, 9.17) is 4.98 Å². The Kier molecular flexibility index (Phi) is 7.44. The summed E-state index contributed by atoms with van der Waals surface area (Å²) in [6, 6.07) is 20.3. The van der Waals surface area contributed by atoms with Crippen LogP contribution in [0.15, 0.2) is 48.5 Å². The van der Waals surface area contributed by atoms with Crippen LogP contribution in [0.5, 0.6) is 0 Å². The number of rotatable bonds is 7. The lowest BCUT2D eigenvalue weighted by Gasteiger charge is -2.31. The van der Waals surface area contributed by atoms with Crippen LogP contribution in [-0.4, -0.2) is 43.8 Å². The van der Waals surface area contributed by atoms with Crippen molar-refractivity contribution in [2.24, 2.45) is 11.3 Å². The van der Waals surface area contributed by atoms with Crippen LogP contribution in [0.2, 0.25) is 0 Å². The fraction of sp³-hybridized carbons (Fsp3) is 0.438.